The summed E-state index contributed by atoms with van der Waals surface area (Å²) in [4.78, 5) is 11.5. The second-order valence-corrected chi connectivity index (χ2v) is 4.54. The number of nitrogens with zero attached hydrogens (tertiary/aromatic N) is 1. The zero-order valence-electron chi connectivity index (χ0n) is 8.18. The minimum Gasteiger partial charge on any atom is -0.278 e. The van der Waals surface area contributed by atoms with Crippen molar-refractivity contribution in [1.29, 1.82) is 0 Å². The Labute approximate surface area is 74.1 Å². The molecule has 12 heavy (non-hydrogen) atoms. The Hall–Kier alpha value is -0.570. The highest BCUT2D eigenvalue weighted by Gasteiger charge is 2.22. The summed E-state index contributed by atoms with van der Waals surface area (Å²) < 4.78 is 0. The van der Waals surface area contributed by atoms with Crippen LogP contribution >= 0.6 is 0 Å². The molecule has 0 aromatic rings. The van der Waals surface area contributed by atoms with Gasteiger partial charge in [-0.1, -0.05) is 20.8 Å². The molecular formula is C9H18N2O. The predicted molar refractivity (Wildman–Crippen MR) is 48.4 cm³/mol. The van der Waals surface area contributed by atoms with Crippen LogP contribution in [0, 0.1) is 5.41 Å². The Morgan fingerprint density at radius 1 is 1.50 bits per heavy atom. The second kappa shape index (κ2) is 3.44. The first kappa shape index (κ1) is 9.52. The zero-order valence-corrected chi connectivity index (χ0v) is 8.18. The molecule has 1 aliphatic heterocycles. The average Bonchev–Trinajstić information content (AvgIpc) is 2.32. The molecule has 0 aliphatic carbocycles. The molecule has 1 saturated heterocycles. The van der Waals surface area contributed by atoms with Crippen LogP contribution in [0.5, 0.6) is 0 Å². The van der Waals surface area contributed by atoms with Crippen LogP contribution in [0.4, 0.5) is 0 Å². The SMILES string of the molecule is CC(C)(C)CC(=O)N1CCCN1. The van der Waals surface area contributed by atoms with E-state index in [0.717, 1.165) is 19.5 Å². The number of carbonyl (C=O) groups excluding carboxylic acids is 1. The van der Waals surface area contributed by atoms with Gasteiger partial charge in [-0.2, -0.15) is 0 Å². The summed E-state index contributed by atoms with van der Waals surface area (Å²) in [5.41, 5.74) is 3.16. The maximum atomic E-state index is 11.5. The molecule has 1 aliphatic rings. The van der Waals surface area contributed by atoms with Crippen molar-refractivity contribution in [2.24, 2.45) is 5.41 Å². The fourth-order valence-electron chi connectivity index (χ4n) is 1.29. The van der Waals surface area contributed by atoms with E-state index >= 15 is 0 Å². The molecule has 0 atom stereocenters. The number of rotatable bonds is 1. The van der Waals surface area contributed by atoms with Crippen LogP contribution in [0.1, 0.15) is 33.6 Å². The highest BCUT2D eigenvalue weighted by atomic mass is 16.2. The molecule has 0 aromatic heterocycles. The van der Waals surface area contributed by atoms with Crippen LogP contribution in [-0.2, 0) is 4.79 Å². The third-order valence-electron chi connectivity index (χ3n) is 1.84. The smallest absolute Gasteiger partial charge is 0.237 e. The Kier molecular flexibility index (Phi) is 2.73. The fraction of sp³-hybridized carbons (Fsp3) is 0.889. The lowest BCUT2D eigenvalue weighted by molar-refractivity contribution is -0.134. The highest BCUT2D eigenvalue weighted by Crippen LogP contribution is 2.19. The van der Waals surface area contributed by atoms with Gasteiger partial charge in [0.1, 0.15) is 0 Å². The van der Waals surface area contributed by atoms with Gasteiger partial charge in [0.25, 0.3) is 0 Å². The Bertz CT molecular complexity index is 166. The summed E-state index contributed by atoms with van der Waals surface area (Å²) in [7, 11) is 0. The Morgan fingerprint density at radius 2 is 2.17 bits per heavy atom. The molecule has 0 radical (unpaired) electrons. The van der Waals surface area contributed by atoms with E-state index in [1.54, 1.807) is 5.01 Å². The monoisotopic (exact) mass is 170 g/mol. The molecule has 1 rings (SSSR count). The maximum Gasteiger partial charge on any atom is 0.237 e. The van der Waals surface area contributed by atoms with Crippen molar-refractivity contribution < 1.29 is 4.79 Å². The molecule has 0 aromatic carbocycles. The van der Waals surface area contributed by atoms with Crippen LogP contribution in [0.3, 0.4) is 0 Å². The average molecular weight is 170 g/mol. The van der Waals surface area contributed by atoms with Gasteiger partial charge in [0.15, 0.2) is 0 Å². The van der Waals surface area contributed by atoms with Crippen molar-refractivity contribution in [1.82, 2.24) is 10.4 Å². The topological polar surface area (TPSA) is 32.3 Å². The third kappa shape index (κ3) is 2.81. The largest absolute Gasteiger partial charge is 0.278 e. The van der Waals surface area contributed by atoms with Crippen molar-refractivity contribution in [3.8, 4) is 0 Å². The molecule has 70 valence electrons. The maximum absolute atomic E-state index is 11.5. The summed E-state index contributed by atoms with van der Waals surface area (Å²) in [5.74, 6) is 0.222. The van der Waals surface area contributed by atoms with Crippen LogP contribution in [0.2, 0.25) is 0 Å². The highest BCUT2D eigenvalue weighted by molar-refractivity contribution is 5.76. The molecular weight excluding hydrogens is 152 g/mol. The minimum absolute atomic E-state index is 0.0986. The van der Waals surface area contributed by atoms with Crippen LogP contribution in [-0.4, -0.2) is 24.0 Å². The lowest BCUT2D eigenvalue weighted by Crippen LogP contribution is -2.38. The van der Waals surface area contributed by atoms with E-state index in [1.165, 1.54) is 0 Å². The summed E-state index contributed by atoms with van der Waals surface area (Å²) in [6.45, 7) is 8.06. The van der Waals surface area contributed by atoms with E-state index < -0.39 is 0 Å². The first-order valence-electron chi connectivity index (χ1n) is 4.53. The molecule has 3 nitrogen and oxygen atoms in total. The van der Waals surface area contributed by atoms with E-state index in [1.807, 2.05) is 0 Å². The predicted octanol–water partition coefficient (Wildman–Crippen LogP) is 1.16. The van der Waals surface area contributed by atoms with Gasteiger partial charge in [-0.25, -0.2) is 5.43 Å². The van der Waals surface area contributed by atoms with Crippen LogP contribution in [0.25, 0.3) is 0 Å². The summed E-state index contributed by atoms with van der Waals surface area (Å²) >= 11 is 0. The summed E-state index contributed by atoms with van der Waals surface area (Å²) in [5, 5.41) is 1.74. The van der Waals surface area contributed by atoms with Gasteiger partial charge in [0.05, 0.1) is 0 Å². The standard InChI is InChI=1S/C9H18N2O/c1-9(2,3)7-8(12)11-6-4-5-10-11/h10H,4-7H2,1-3H3. The van der Waals surface area contributed by atoms with E-state index in [0.29, 0.717) is 6.42 Å². The normalized spacial score (nSPS) is 18.4. The number of hydrogen-bond donors (Lipinski definition) is 1. The van der Waals surface area contributed by atoms with Crippen molar-refractivity contribution in [2.45, 2.75) is 33.6 Å². The van der Waals surface area contributed by atoms with Gasteiger partial charge in [-0.05, 0) is 11.8 Å². The molecule has 3 heteroatoms. The molecule has 0 saturated carbocycles. The van der Waals surface area contributed by atoms with Gasteiger partial charge >= 0.3 is 0 Å². The van der Waals surface area contributed by atoms with Crippen LogP contribution < -0.4 is 5.43 Å². The minimum atomic E-state index is 0.0986. The van der Waals surface area contributed by atoms with Crippen molar-refractivity contribution >= 4 is 5.91 Å². The van der Waals surface area contributed by atoms with E-state index in [9.17, 15) is 4.79 Å². The quantitative estimate of drug-likeness (QED) is 0.640. The molecule has 1 N–H and O–H groups in total. The van der Waals surface area contributed by atoms with E-state index in [-0.39, 0.29) is 11.3 Å². The summed E-state index contributed by atoms with van der Waals surface area (Å²) in [6.07, 6.45) is 1.70. The molecule has 0 spiro atoms. The Morgan fingerprint density at radius 3 is 2.58 bits per heavy atom. The van der Waals surface area contributed by atoms with Crippen molar-refractivity contribution in [2.75, 3.05) is 13.1 Å². The first-order chi connectivity index (χ1) is 5.49. The second-order valence-electron chi connectivity index (χ2n) is 4.54. The van der Waals surface area contributed by atoms with E-state index in [2.05, 4.69) is 26.2 Å². The van der Waals surface area contributed by atoms with Gasteiger partial charge < -0.3 is 0 Å². The Balaban J connectivity index is 2.37. The number of hydrazine groups is 1. The summed E-state index contributed by atoms with van der Waals surface area (Å²) in [6, 6.07) is 0. The number of nitrogens with one attached hydrogen (secondary N) is 1. The van der Waals surface area contributed by atoms with Gasteiger partial charge in [0, 0.05) is 19.5 Å². The lowest BCUT2D eigenvalue weighted by atomic mass is 9.92. The number of amides is 1. The third-order valence-corrected chi connectivity index (χ3v) is 1.84. The fourth-order valence-corrected chi connectivity index (χ4v) is 1.29. The van der Waals surface area contributed by atoms with Crippen molar-refractivity contribution in [3.05, 3.63) is 0 Å². The first-order valence-corrected chi connectivity index (χ1v) is 4.53. The zero-order chi connectivity index (χ0) is 9.19. The molecule has 0 unspecified atom stereocenters. The number of carbonyl (C=O) groups is 1. The van der Waals surface area contributed by atoms with Crippen molar-refractivity contribution in [3.63, 3.8) is 0 Å². The van der Waals surface area contributed by atoms with E-state index in [4.69, 9.17) is 0 Å². The van der Waals surface area contributed by atoms with Gasteiger partial charge in [0.2, 0.25) is 5.91 Å². The molecule has 1 amide bonds. The lowest BCUT2D eigenvalue weighted by Gasteiger charge is -2.22. The number of hydrogen-bond acceptors (Lipinski definition) is 2. The molecule has 1 heterocycles. The molecule has 1 fully saturated rings. The van der Waals surface area contributed by atoms with Gasteiger partial charge in [-0.3, -0.25) is 9.80 Å². The van der Waals surface area contributed by atoms with Crippen LogP contribution in [0.15, 0.2) is 0 Å². The van der Waals surface area contributed by atoms with Gasteiger partial charge in [-0.15, -0.1) is 0 Å². The molecule has 0 bridgehead atoms.